The molecule has 1 fully saturated rings. The number of aliphatic hydroxyl groups excluding tert-OH is 1. The number of hydrogen-bond acceptors (Lipinski definition) is 14. The topological polar surface area (TPSA) is 294 Å². The summed E-state index contributed by atoms with van der Waals surface area (Å²) >= 11 is 0. The van der Waals surface area contributed by atoms with Crippen LogP contribution in [0.4, 0.5) is 4.39 Å². The van der Waals surface area contributed by atoms with Crippen LogP contribution in [0.15, 0.2) is 59.4 Å². The number of carbonyl (C=O) groups is 9. The molecule has 2 aromatic heterocycles. The number of hydrogen-bond donors (Lipinski definition) is 6. The Hall–Kier alpha value is -8.18. The molecule has 0 spiro atoms. The molecule has 9 rings (SSSR count). The average Bonchev–Trinajstić information content (AvgIpc) is 4.12. The van der Waals surface area contributed by atoms with E-state index in [9.17, 15) is 53.1 Å². The zero-order valence-electron chi connectivity index (χ0n) is 42.4. The smallest absolute Gasteiger partial charge is 0.340 e. The second-order valence-corrected chi connectivity index (χ2v) is 19.8. The van der Waals surface area contributed by atoms with E-state index in [1.54, 1.807) is 55.3 Å². The van der Waals surface area contributed by atoms with Gasteiger partial charge in [-0.2, -0.15) is 0 Å². The number of aryl methyl sites for hydroxylation is 1. The Bertz CT molecular complexity index is 3180. The number of carbonyl (C=O) groups excluding carboxylic acids is 9. The fourth-order valence-electron chi connectivity index (χ4n) is 10.4. The summed E-state index contributed by atoms with van der Waals surface area (Å²) in [5, 5.41) is 24.0. The van der Waals surface area contributed by atoms with Gasteiger partial charge < -0.3 is 50.6 Å². The first-order chi connectivity index (χ1) is 37.0. The Balaban J connectivity index is 0.778. The number of unbranched alkanes of at least 4 members (excludes halogenated alkanes) is 2. The Labute approximate surface area is 440 Å². The van der Waals surface area contributed by atoms with E-state index in [1.807, 2.05) is 0 Å². The number of pyridine rings is 2. The maximum Gasteiger partial charge on any atom is 0.340 e. The highest BCUT2D eigenvalue weighted by atomic mass is 19.1. The minimum atomic E-state index is -1.67. The molecule has 2 aromatic carbocycles. The van der Waals surface area contributed by atoms with Crippen molar-refractivity contribution in [3.63, 3.8) is 0 Å². The van der Waals surface area contributed by atoms with Gasteiger partial charge in [0.1, 0.15) is 31.3 Å². The third-order valence-electron chi connectivity index (χ3n) is 14.7. The van der Waals surface area contributed by atoms with Gasteiger partial charge >= 0.3 is 5.97 Å². The number of fused-ring (bicyclic) bond motifs is 5. The van der Waals surface area contributed by atoms with Gasteiger partial charge in [-0.05, 0) is 79.7 Å². The van der Waals surface area contributed by atoms with Gasteiger partial charge in [0.25, 0.3) is 23.3 Å². The summed E-state index contributed by atoms with van der Waals surface area (Å²) in [7, 11) is 1.66. The van der Waals surface area contributed by atoms with E-state index in [-0.39, 0.29) is 74.0 Å². The lowest BCUT2D eigenvalue weighted by molar-refractivity contribution is -0.157. The van der Waals surface area contributed by atoms with Gasteiger partial charge in [-0.15, -0.1) is 0 Å². The van der Waals surface area contributed by atoms with Crippen molar-refractivity contribution in [2.24, 2.45) is 5.92 Å². The van der Waals surface area contributed by atoms with Crippen LogP contribution in [0.3, 0.4) is 0 Å². The van der Waals surface area contributed by atoms with Crippen molar-refractivity contribution in [3.05, 3.63) is 110 Å². The monoisotopic (exact) mass is 1060 g/mol. The summed E-state index contributed by atoms with van der Waals surface area (Å²) in [6.07, 6.45) is 3.70. The van der Waals surface area contributed by atoms with Crippen molar-refractivity contribution in [2.45, 2.75) is 102 Å². The van der Waals surface area contributed by atoms with Crippen molar-refractivity contribution in [1.29, 1.82) is 0 Å². The highest BCUT2D eigenvalue weighted by Crippen LogP contribution is 2.47. The van der Waals surface area contributed by atoms with Crippen molar-refractivity contribution >= 4 is 64.1 Å². The summed E-state index contributed by atoms with van der Waals surface area (Å²) in [5.41, 5.74) is 4.09. The molecule has 0 saturated heterocycles. The second kappa shape index (κ2) is 23.0. The van der Waals surface area contributed by atoms with Crippen molar-refractivity contribution < 1.29 is 62.1 Å². The third-order valence-corrected chi connectivity index (χ3v) is 14.7. The zero-order valence-corrected chi connectivity index (χ0v) is 42.4. The first-order valence-corrected chi connectivity index (χ1v) is 25.6. The molecular formula is C54H58FN9O13. The number of aromatic nitrogens is 2. The third kappa shape index (κ3) is 11.6. The van der Waals surface area contributed by atoms with Gasteiger partial charge in [0.05, 0.1) is 54.7 Å². The van der Waals surface area contributed by atoms with Crippen LogP contribution < -0.4 is 32.1 Å². The first kappa shape index (κ1) is 53.6. The van der Waals surface area contributed by atoms with Crippen LogP contribution in [0, 0.1) is 18.7 Å². The van der Waals surface area contributed by atoms with E-state index in [1.165, 1.54) is 22.8 Å². The summed E-state index contributed by atoms with van der Waals surface area (Å²) in [4.78, 5) is 136. The van der Waals surface area contributed by atoms with E-state index < -0.39 is 90.8 Å². The minimum Gasteiger partial charge on any atom is -0.458 e. The molecule has 22 nitrogen and oxygen atoms in total. The summed E-state index contributed by atoms with van der Waals surface area (Å²) < 4.78 is 28.1. The van der Waals surface area contributed by atoms with Gasteiger partial charge in [-0.25, -0.2) is 14.2 Å². The van der Waals surface area contributed by atoms with E-state index in [0.29, 0.717) is 89.5 Å². The lowest BCUT2D eigenvalue weighted by atomic mass is 9.81. The molecule has 2 aliphatic carbocycles. The Morgan fingerprint density at radius 2 is 1.56 bits per heavy atom. The molecule has 5 heterocycles. The van der Waals surface area contributed by atoms with Gasteiger partial charge in [0.2, 0.25) is 29.5 Å². The number of cyclic esters (lactones) is 1. The lowest BCUT2D eigenvalue weighted by Gasteiger charge is -2.36. The summed E-state index contributed by atoms with van der Waals surface area (Å²) in [6, 6.07) is 9.95. The van der Waals surface area contributed by atoms with Crippen LogP contribution in [0.1, 0.15) is 96.0 Å². The predicted molar refractivity (Wildman–Crippen MR) is 270 cm³/mol. The number of imide groups is 1. The molecule has 0 unspecified atom stereocenters. The largest absolute Gasteiger partial charge is 0.458 e. The number of benzene rings is 2. The number of ether oxygens (including phenoxy) is 2. The fourth-order valence-corrected chi connectivity index (χ4v) is 10.4. The maximum atomic E-state index is 15.5. The SMILES string of the molecule is Cc1c(F)cc2nc3c(c4c2c1CC[C@@H]4N(C)C(=O)[C@@H](OCNC(=O)CNC(=O)[C@H](Cc1ccccc1)NC(=O)CNC(=O)CNC(=O)CCCCCN1C(=O)C=CC1=O)C1CC1)Cn1c-3cc2c(c1=O)COC(=O)[C@H]2O. The van der Waals surface area contributed by atoms with Crippen LogP contribution in [-0.2, 0) is 78.6 Å². The predicted octanol–water partition coefficient (Wildman–Crippen LogP) is 0.839. The number of nitrogens with one attached hydrogen (secondary N) is 5. The molecule has 4 atom stereocenters. The number of likely N-dealkylation sites (N-methyl/N-ethyl adjacent to an activating group) is 1. The van der Waals surface area contributed by atoms with Crippen molar-refractivity contribution in [3.8, 4) is 11.4 Å². The van der Waals surface area contributed by atoms with Crippen LogP contribution in [0.2, 0.25) is 0 Å². The molecule has 4 aromatic rings. The van der Waals surface area contributed by atoms with Gasteiger partial charge in [-0.3, -0.25) is 48.1 Å². The van der Waals surface area contributed by atoms with Crippen LogP contribution in [0.25, 0.3) is 22.3 Å². The molecule has 77 heavy (non-hydrogen) atoms. The molecule has 6 N–H and O–H groups in total. The first-order valence-electron chi connectivity index (χ1n) is 25.6. The average molecular weight is 1060 g/mol. The number of nitrogens with zero attached hydrogens (tertiary/aromatic N) is 4. The highest BCUT2D eigenvalue weighted by molar-refractivity contribution is 6.12. The zero-order chi connectivity index (χ0) is 54.7. The van der Waals surface area contributed by atoms with E-state index >= 15 is 4.39 Å². The van der Waals surface area contributed by atoms with Crippen LogP contribution in [-0.4, -0.2) is 130 Å². The number of esters is 1. The second-order valence-electron chi connectivity index (χ2n) is 19.8. The maximum absolute atomic E-state index is 15.5. The Kier molecular flexibility index (Phi) is 16.0. The Morgan fingerprint density at radius 3 is 2.30 bits per heavy atom. The standard InChI is InChI=1S/C54H58FN9O13/c1-28-31-14-15-38(47-33-25-64-39(48(33)61-36(46(31)47)21-35(28)55)20-32-34(52(64)73)26-76-54(75)49(32)71)62(2)53(74)50(30-12-13-30)77-27-59-42(67)23-58-51(72)37(19-29-9-5-3-6-10-29)60-43(68)24-57-41(66)22-56-40(65)11-7-4-8-18-63-44(69)16-17-45(63)70/h3,5-6,9-10,16-17,20-21,30,37-38,49-50,71H,4,7-8,11-15,18-19,22-27H2,1-2H3,(H,56,65)(H,57,66)(H,58,72)(H,59,67)(H,60,68)/t37-,38-,49-,50-/m0/s1. The molecule has 404 valence electrons. The number of aliphatic hydroxyl groups is 1. The van der Waals surface area contributed by atoms with Gasteiger partial charge in [0, 0.05) is 61.2 Å². The van der Waals surface area contributed by atoms with Crippen LogP contribution >= 0.6 is 0 Å². The molecule has 3 aliphatic heterocycles. The molecule has 5 aliphatic rings. The molecule has 23 heteroatoms. The quantitative estimate of drug-likeness (QED) is 0.0243. The van der Waals surface area contributed by atoms with E-state index in [2.05, 4.69) is 26.6 Å². The Morgan fingerprint density at radius 1 is 0.857 bits per heavy atom. The fraction of sp³-hybridized carbons (Fsp3) is 0.426. The number of halogens is 1. The normalized spacial score (nSPS) is 17.7. The van der Waals surface area contributed by atoms with Crippen molar-refractivity contribution in [1.82, 2.24) is 45.9 Å². The minimum absolute atomic E-state index is 0.0410. The number of rotatable bonds is 22. The molecule has 1 saturated carbocycles. The van der Waals surface area contributed by atoms with Gasteiger partial charge in [-0.1, -0.05) is 36.8 Å². The molecule has 0 bridgehead atoms. The number of amides is 8. The van der Waals surface area contributed by atoms with Gasteiger partial charge in [0.15, 0.2) is 6.10 Å². The van der Waals surface area contributed by atoms with E-state index in [0.717, 1.165) is 10.5 Å². The summed E-state index contributed by atoms with van der Waals surface area (Å²) in [6.45, 7) is -0.117. The molecular weight excluding hydrogens is 1000 g/mol. The highest BCUT2D eigenvalue weighted by Gasteiger charge is 2.43. The molecule has 8 amide bonds. The van der Waals surface area contributed by atoms with E-state index in [4.69, 9.17) is 14.5 Å². The van der Waals surface area contributed by atoms with Crippen LogP contribution in [0.5, 0.6) is 0 Å². The lowest BCUT2D eigenvalue weighted by Crippen LogP contribution is -2.52. The summed E-state index contributed by atoms with van der Waals surface area (Å²) in [5.74, 6) is -5.70. The van der Waals surface area contributed by atoms with Crippen molar-refractivity contribution in [2.75, 3.05) is 40.0 Å². The molecule has 0 radical (unpaired) electrons.